The van der Waals surface area contributed by atoms with Crippen LogP contribution in [0.5, 0.6) is 0 Å². The minimum atomic E-state index is -0.0987. The van der Waals surface area contributed by atoms with Crippen LogP contribution in [0.1, 0.15) is 51.9 Å². The van der Waals surface area contributed by atoms with Crippen LogP contribution in [-0.2, 0) is 9.53 Å². The van der Waals surface area contributed by atoms with Gasteiger partial charge in [-0.15, -0.1) is 0 Å². The first kappa shape index (κ1) is 12.5. The summed E-state index contributed by atoms with van der Waals surface area (Å²) in [6.07, 6.45) is 8.17. The molecule has 3 heteroatoms. The van der Waals surface area contributed by atoms with E-state index >= 15 is 0 Å². The summed E-state index contributed by atoms with van der Waals surface area (Å²) in [5.41, 5.74) is 0. The van der Waals surface area contributed by atoms with Gasteiger partial charge in [-0.3, -0.25) is 4.79 Å². The molecular weight excluding hydrogens is 190 g/mol. The quantitative estimate of drug-likeness (QED) is 0.496. The Hall–Kier alpha value is -0.570. The Morgan fingerprint density at radius 3 is 2.67 bits per heavy atom. The van der Waals surface area contributed by atoms with Crippen LogP contribution >= 0.6 is 0 Å². The van der Waals surface area contributed by atoms with E-state index in [2.05, 4.69) is 12.2 Å². The Kier molecular flexibility index (Phi) is 5.69. The smallest absolute Gasteiger partial charge is 0.322 e. The van der Waals surface area contributed by atoms with Crippen LogP contribution in [0.15, 0.2) is 0 Å². The lowest BCUT2D eigenvalue weighted by Gasteiger charge is -2.15. The van der Waals surface area contributed by atoms with Crippen molar-refractivity contribution in [2.24, 2.45) is 0 Å². The topological polar surface area (TPSA) is 38.3 Å². The van der Waals surface area contributed by atoms with Crippen molar-refractivity contribution in [1.29, 1.82) is 0 Å². The molecule has 15 heavy (non-hydrogen) atoms. The molecule has 0 heterocycles. The molecule has 0 aromatic carbocycles. The zero-order chi connectivity index (χ0) is 11.1. The zero-order valence-electron chi connectivity index (χ0n) is 9.92. The fraction of sp³-hybridized carbons (Fsp3) is 0.917. The molecule has 1 unspecified atom stereocenters. The highest BCUT2D eigenvalue weighted by atomic mass is 16.5. The Bertz CT molecular complexity index is 190. The number of carbonyl (C=O) groups excluding carboxylic acids is 1. The summed E-state index contributed by atoms with van der Waals surface area (Å²) < 4.78 is 4.80. The lowest BCUT2D eigenvalue weighted by atomic mass is 10.1. The molecule has 1 rings (SSSR count). The summed E-state index contributed by atoms with van der Waals surface area (Å²) in [4.78, 5) is 11.5. The molecule has 1 aliphatic carbocycles. The van der Waals surface area contributed by atoms with Crippen LogP contribution in [0.4, 0.5) is 0 Å². The molecular formula is C12H23NO2. The number of methoxy groups -OCH3 is 1. The number of rotatable bonds is 8. The van der Waals surface area contributed by atoms with Gasteiger partial charge in [0.05, 0.1) is 7.11 Å². The fourth-order valence-electron chi connectivity index (χ4n) is 1.72. The van der Waals surface area contributed by atoms with Crippen molar-refractivity contribution in [3.63, 3.8) is 0 Å². The number of hydrogen-bond acceptors (Lipinski definition) is 3. The lowest BCUT2D eigenvalue weighted by molar-refractivity contribution is -0.143. The largest absolute Gasteiger partial charge is 0.468 e. The van der Waals surface area contributed by atoms with Crippen LogP contribution in [0.3, 0.4) is 0 Å². The molecule has 0 aromatic rings. The first-order valence-electron chi connectivity index (χ1n) is 6.11. The molecule has 3 nitrogen and oxygen atoms in total. The van der Waals surface area contributed by atoms with E-state index in [1.54, 1.807) is 0 Å². The molecule has 1 N–H and O–H groups in total. The van der Waals surface area contributed by atoms with Crippen molar-refractivity contribution in [1.82, 2.24) is 5.32 Å². The predicted molar refractivity (Wildman–Crippen MR) is 60.7 cm³/mol. The van der Waals surface area contributed by atoms with Gasteiger partial charge in [0.1, 0.15) is 6.04 Å². The molecule has 0 bridgehead atoms. The molecule has 1 aliphatic rings. The van der Waals surface area contributed by atoms with Crippen molar-refractivity contribution in [2.75, 3.05) is 7.11 Å². The number of ether oxygens (including phenoxy) is 1. The van der Waals surface area contributed by atoms with E-state index in [0.717, 1.165) is 12.8 Å². The molecule has 0 amide bonds. The molecule has 1 atom stereocenters. The maximum atomic E-state index is 11.5. The molecule has 0 saturated heterocycles. The molecule has 1 fully saturated rings. The van der Waals surface area contributed by atoms with Crippen LogP contribution in [0.2, 0.25) is 0 Å². The van der Waals surface area contributed by atoms with Crippen LogP contribution < -0.4 is 5.32 Å². The number of carbonyl (C=O) groups is 1. The number of esters is 1. The van der Waals surface area contributed by atoms with E-state index in [1.807, 2.05) is 0 Å². The van der Waals surface area contributed by atoms with E-state index in [0.29, 0.717) is 6.04 Å². The number of nitrogens with one attached hydrogen (secondary N) is 1. The van der Waals surface area contributed by atoms with Gasteiger partial charge < -0.3 is 10.1 Å². The Balaban J connectivity index is 2.18. The first-order chi connectivity index (χ1) is 7.27. The van der Waals surface area contributed by atoms with E-state index < -0.39 is 0 Å². The second-order valence-corrected chi connectivity index (χ2v) is 4.37. The maximum absolute atomic E-state index is 11.5. The third-order valence-electron chi connectivity index (χ3n) is 2.85. The minimum absolute atomic E-state index is 0.0700. The van der Waals surface area contributed by atoms with E-state index in [4.69, 9.17) is 4.74 Å². The number of hydrogen-bond donors (Lipinski definition) is 1. The molecule has 88 valence electrons. The molecule has 0 aliphatic heterocycles. The Morgan fingerprint density at radius 2 is 2.13 bits per heavy atom. The first-order valence-corrected chi connectivity index (χ1v) is 6.11. The molecule has 1 saturated carbocycles. The van der Waals surface area contributed by atoms with E-state index in [1.165, 1.54) is 39.2 Å². The van der Waals surface area contributed by atoms with Gasteiger partial charge >= 0.3 is 5.97 Å². The Morgan fingerprint density at radius 1 is 1.40 bits per heavy atom. The summed E-state index contributed by atoms with van der Waals surface area (Å²) in [6.45, 7) is 2.19. The van der Waals surface area contributed by atoms with Gasteiger partial charge in [0, 0.05) is 6.04 Å². The van der Waals surface area contributed by atoms with Crippen molar-refractivity contribution < 1.29 is 9.53 Å². The minimum Gasteiger partial charge on any atom is -0.468 e. The highest BCUT2D eigenvalue weighted by Gasteiger charge is 2.28. The van der Waals surface area contributed by atoms with Crippen molar-refractivity contribution in [3.8, 4) is 0 Å². The summed E-state index contributed by atoms with van der Waals surface area (Å²) in [7, 11) is 1.47. The Labute approximate surface area is 92.6 Å². The van der Waals surface area contributed by atoms with Gasteiger partial charge in [-0.2, -0.15) is 0 Å². The van der Waals surface area contributed by atoms with Gasteiger partial charge in [0.15, 0.2) is 0 Å². The van der Waals surface area contributed by atoms with E-state index in [9.17, 15) is 4.79 Å². The summed E-state index contributed by atoms with van der Waals surface area (Å²) >= 11 is 0. The van der Waals surface area contributed by atoms with Crippen LogP contribution in [0.25, 0.3) is 0 Å². The van der Waals surface area contributed by atoms with Gasteiger partial charge in [-0.05, 0) is 19.3 Å². The van der Waals surface area contributed by atoms with Gasteiger partial charge in [0.25, 0.3) is 0 Å². The molecule has 0 aromatic heterocycles. The molecule has 0 spiro atoms. The normalized spacial score (nSPS) is 17.5. The maximum Gasteiger partial charge on any atom is 0.322 e. The highest BCUT2D eigenvalue weighted by molar-refractivity contribution is 5.75. The number of unbranched alkanes of at least 4 members (excludes halogenated alkanes) is 3. The lowest BCUT2D eigenvalue weighted by Crippen LogP contribution is -2.38. The van der Waals surface area contributed by atoms with Crippen LogP contribution in [0, 0.1) is 0 Å². The average molecular weight is 213 g/mol. The SMILES string of the molecule is CCCCCCC(NC1CC1)C(=O)OC. The third-order valence-corrected chi connectivity index (χ3v) is 2.85. The van der Waals surface area contributed by atoms with Gasteiger partial charge in [-0.25, -0.2) is 0 Å². The average Bonchev–Trinajstić information content (AvgIpc) is 3.05. The molecule has 0 radical (unpaired) electrons. The van der Waals surface area contributed by atoms with Gasteiger partial charge in [-0.1, -0.05) is 32.6 Å². The van der Waals surface area contributed by atoms with E-state index in [-0.39, 0.29) is 12.0 Å². The second-order valence-electron chi connectivity index (χ2n) is 4.37. The van der Waals surface area contributed by atoms with Crippen molar-refractivity contribution in [3.05, 3.63) is 0 Å². The summed E-state index contributed by atoms with van der Waals surface area (Å²) in [5.74, 6) is -0.0987. The second kappa shape index (κ2) is 6.83. The van der Waals surface area contributed by atoms with Gasteiger partial charge in [0.2, 0.25) is 0 Å². The zero-order valence-corrected chi connectivity index (χ0v) is 9.92. The van der Waals surface area contributed by atoms with Crippen molar-refractivity contribution in [2.45, 2.75) is 64.0 Å². The standard InChI is InChI=1S/C12H23NO2/c1-3-4-5-6-7-11(12(14)15-2)13-10-8-9-10/h10-11,13H,3-9H2,1-2H3. The summed E-state index contributed by atoms with van der Waals surface area (Å²) in [5, 5.41) is 3.34. The monoisotopic (exact) mass is 213 g/mol. The van der Waals surface area contributed by atoms with Crippen LogP contribution in [-0.4, -0.2) is 25.2 Å². The fourth-order valence-corrected chi connectivity index (χ4v) is 1.72. The third kappa shape index (κ3) is 5.17. The predicted octanol–water partition coefficient (Wildman–Crippen LogP) is 2.25. The summed E-state index contributed by atoms with van der Waals surface area (Å²) in [6, 6.07) is 0.500. The highest BCUT2D eigenvalue weighted by Crippen LogP contribution is 2.21. The van der Waals surface area contributed by atoms with Crippen molar-refractivity contribution >= 4 is 5.97 Å².